The molecular formula is C18H29N. The van der Waals surface area contributed by atoms with Crippen LogP contribution in [-0.4, -0.2) is 12.6 Å². The summed E-state index contributed by atoms with van der Waals surface area (Å²) in [5.74, 6) is 1.75. The van der Waals surface area contributed by atoms with E-state index in [4.69, 9.17) is 0 Å². The predicted octanol–water partition coefficient (Wildman–Crippen LogP) is 4.26. The Balaban J connectivity index is 2.09. The highest BCUT2D eigenvalue weighted by Crippen LogP contribution is 2.34. The zero-order chi connectivity index (χ0) is 13.8. The van der Waals surface area contributed by atoms with Gasteiger partial charge in [-0.3, -0.25) is 0 Å². The summed E-state index contributed by atoms with van der Waals surface area (Å²) in [5, 5.41) is 3.74. The molecule has 1 N–H and O–H groups in total. The number of likely N-dealkylation sites (N-methyl/N-ethyl adjacent to an activating group) is 1. The molecule has 1 saturated carbocycles. The van der Waals surface area contributed by atoms with Gasteiger partial charge in [0.25, 0.3) is 0 Å². The summed E-state index contributed by atoms with van der Waals surface area (Å²) in [6, 6.07) is 7.61. The summed E-state index contributed by atoms with van der Waals surface area (Å²) in [4.78, 5) is 0. The molecule has 0 aliphatic heterocycles. The highest BCUT2D eigenvalue weighted by Gasteiger charge is 2.30. The summed E-state index contributed by atoms with van der Waals surface area (Å²) < 4.78 is 0. The van der Waals surface area contributed by atoms with E-state index in [-0.39, 0.29) is 0 Å². The van der Waals surface area contributed by atoms with E-state index in [0.717, 1.165) is 18.4 Å². The molecule has 2 rings (SSSR count). The maximum Gasteiger partial charge on any atom is 0.0138 e. The number of aryl methyl sites for hydroxylation is 2. The van der Waals surface area contributed by atoms with Crippen LogP contribution in [0.25, 0.3) is 0 Å². The van der Waals surface area contributed by atoms with Gasteiger partial charge in [0.05, 0.1) is 0 Å². The zero-order valence-corrected chi connectivity index (χ0v) is 13.0. The lowest BCUT2D eigenvalue weighted by molar-refractivity contribution is 0.298. The molecule has 0 heterocycles. The minimum Gasteiger partial charge on any atom is -0.314 e. The molecule has 0 spiro atoms. The Bertz CT molecular complexity index is 410. The molecule has 0 radical (unpaired) electrons. The first-order valence-electron chi connectivity index (χ1n) is 7.91. The van der Waals surface area contributed by atoms with Crippen LogP contribution in [0.4, 0.5) is 0 Å². The third-order valence-corrected chi connectivity index (χ3v) is 4.94. The Morgan fingerprint density at radius 3 is 2.58 bits per heavy atom. The molecule has 0 bridgehead atoms. The van der Waals surface area contributed by atoms with Crippen molar-refractivity contribution in [2.24, 2.45) is 11.8 Å². The smallest absolute Gasteiger partial charge is 0.0138 e. The van der Waals surface area contributed by atoms with Crippen LogP contribution in [0.1, 0.15) is 49.8 Å². The average Bonchev–Trinajstić information content (AvgIpc) is 2.79. The van der Waals surface area contributed by atoms with E-state index in [1.54, 1.807) is 0 Å². The second-order valence-corrected chi connectivity index (χ2v) is 6.36. The Hall–Kier alpha value is -0.820. The van der Waals surface area contributed by atoms with E-state index in [2.05, 4.69) is 51.2 Å². The van der Waals surface area contributed by atoms with Crippen molar-refractivity contribution in [3.05, 3.63) is 34.9 Å². The van der Waals surface area contributed by atoms with Crippen LogP contribution < -0.4 is 5.32 Å². The Labute approximate surface area is 118 Å². The van der Waals surface area contributed by atoms with Gasteiger partial charge in [-0.1, -0.05) is 44.9 Å². The van der Waals surface area contributed by atoms with Crippen LogP contribution in [0.2, 0.25) is 0 Å². The van der Waals surface area contributed by atoms with Crippen molar-refractivity contribution in [1.29, 1.82) is 0 Å². The predicted molar refractivity (Wildman–Crippen MR) is 83.6 cm³/mol. The van der Waals surface area contributed by atoms with Gasteiger partial charge >= 0.3 is 0 Å². The fraction of sp³-hybridized carbons (Fsp3) is 0.667. The van der Waals surface area contributed by atoms with Crippen molar-refractivity contribution >= 4 is 0 Å². The van der Waals surface area contributed by atoms with Crippen molar-refractivity contribution in [2.45, 2.75) is 59.4 Å². The van der Waals surface area contributed by atoms with Crippen LogP contribution in [0.15, 0.2) is 18.2 Å². The Morgan fingerprint density at radius 2 is 2.00 bits per heavy atom. The quantitative estimate of drug-likeness (QED) is 0.833. The summed E-state index contributed by atoms with van der Waals surface area (Å²) in [7, 11) is 0. The van der Waals surface area contributed by atoms with E-state index in [9.17, 15) is 0 Å². The number of nitrogens with one attached hydrogen (secondary N) is 1. The summed E-state index contributed by atoms with van der Waals surface area (Å²) in [5.41, 5.74) is 4.32. The minimum atomic E-state index is 0.657. The second-order valence-electron chi connectivity index (χ2n) is 6.36. The molecule has 1 aromatic carbocycles. The first kappa shape index (κ1) is 14.6. The van der Waals surface area contributed by atoms with Crippen molar-refractivity contribution in [1.82, 2.24) is 5.32 Å². The lowest BCUT2D eigenvalue weighted by Crippen LogP contribution is -2.39. The molecule has 1 aromatic rings. The summed E-state index contributed by atoms with van der Waals surface area (Å²) >= 11 is 0. The van der Waals surface area contributed by atoms with Crippen molar-refractivity contribution in [2.75, 3.05) is 6.54 Å². The maximum absolute atomic E-state index is 3.74. The van der Waals surface area contributed by atoms with Crippen LogP contribution >= 0.6 is 0 Å². The van der Waals surface area contributed by atoms with Gasteiger partial charge in [-0.05, 0) is 61.8 Å². The number of hydrogen-bond acceptors (Lipinski definition) is 1. The molecule has 3 atom stereocenters. The van der Waals surface area contributed by atoms with E-state index in [1.807, 2.05) is 0 Å². The molecule has 0 saturated heterocycles. The largest absolute Gasteiger partial charge is 0.314 e. The third kappa shape index (κ3) is 3.60. The molecule has 1 heteroatoms. The van der Waals surface area contributed by atoms with E-state index < -0.39 is 0 Å². The van der Waals surface area contributed by atoms with Crippen LogP contribution in [0.5, 0.6) is 0 Å². The van der Waals surface area contributed by atoms with Gasteiger partial charge in [-0.25, -0.2) is 0 Å². The number of benzene rings is 1. The number of rotatable bonds is 5. The fourth-order valence-electron chi connectivity index (χ4n) is 3.59. The van der Waals surface area contributed by atoms with Crippen LogP contribution in [0, 0.1) is 25.7 Å². The minimum absolute atomic E-state index is 0.657. The van der Waals surface area contributed by atoms with Gasteiger partial charge in [0, 0.05) is 6.04 Å². The molecule has 1 fully saturated rings. The topological polar surface area (TPSA) is 12.0 Å². The lowest BCUT2D eigenvalue weighted by Gasteiger charge is -2.28. The first-order chi connectivity index (χ1) is 9.11. The molecule has 1 nitrogen and oxygen atoms in total. The SMILES string of the molecule is CCNC(Cc1ccc(C)c(C)c1)C1CCCC1C. The average molecular weight is 259 g/mol. The van der Waals surface area contributed by atoms with Gasteiger partial charge in [0.15, 0.2) is 0 Å². The third-order valence-electron chi connectivity index (χ3n) is 4.94. The van der Waals surface area contributed by atoms with Gasteiger partial charge in [0.1, 0.15) is 0 Å². The Morgan fingerprint density at radius 1 is 1.21 bits per heavy atom. The molecule has 0 amide bonds. The molecular weight excluding hydrogens is 230 g/mol. The van der Waals surface area contributed by atoms with E-state index in [1.165, 1.54) is 42.4 Å². The van der Waals surface area contributed by atoms with Gasteiger partial charge in [-0.15, -0.1) is 0 Å². The van der Waals surface area contributed by atoms with E-state index >= 15 is 0 Å². The highest BCUT2D eigenvalue weighted by atomic mass is 14.9. The van der Waals surface area contributed by atoms with Crippen molar-refractivity contribution in [3.8, 4) is 0 Å². The van der Waals surface area contributed by atoms with Crippen molar-refractivity contribution in [3.63, 3.8) is 0 Å². The zero-order valence-electron chi connectivity index (χ0n) is 13.0. The molecule has 3 unspecified atom stereocenters. The first-order valence-corrected chi connectivity index (χ1v) is 7.91. The molecule has 0 aromatic heterocycles. The molecule has 106 valence electrons. The second kappa shape index (κ2) is 6.56. The lowest BCUT2D eigenvalue weighted by atomic mass is 9.86. The van der Waals surface area contributed by atoms with Gasteiger partial charge in [-0.2, -0.15) is 0 Å². The summed E-state index contributed by atoms with van der Waals surface area (Å²) in [6.45, 7) is 10.2. The maximum atomic E-state index is 3.74. The standard InChI is InChI=1S/C18H29N/c1-5-19-18(17-8-6-7-14(17)3)12-16-10-9-13(2)15(4)11-16/h9-11,14,17-19H,5-8,12H2,1-4H3. The monoisotopic (exact) mass is 259 g/mol. The van der Waals surface area contributed by atoms with E-state index in [0.29, 0.717) is 6.04 Å². The molecule has 1 aliphatic rings. The van der Waals surface area contributed by atoms with Crippen molar-refractivity contribution < 1.29 is 0 Å². The normalized spacial score (nSPS) is 24.6. The van der Waals surface area contributed by atoms with Crippen LogP contribution in [0.3, 0.4) is 0 Å². The Kier molecular flexibility index (Phi) is 5.04. The van der Waals surface area contributed by atoms with Gasteiger partial charge in [0.2, 0.25) is 0 Å². The highest BCUT2D eigenvalue weighted by molar-refractivity contribution is 5.30. The van der Waals surface area contributed by atoms with Crippen LogP contribution in [-0.2, 0) is 6.42 Å². The molecule has 1 aliphatic carbocycles. The molecule has 19 heavy (non-hydrogen) atoms. The van der Waals surface area contributed by atoms with Gasteiger partial charge < -0.3 is 5.32 Å². The fourth-order valence-corrected chi connectivity index (χ4v) is 3.59. The summed E-state index contributed by atoms with van der Waals surface area (Å²) in [6.07, 6.45) is 5.42. The number of hydrogen-bond donors (Lipinski definition) is 1.